The Morgan fingerprint density at radius 2 is 1.00 bits per heavy atom. The Bertz CT molecular complexity index is 2130. The van der Waals surface area contributed by atoms with Gasteiger partial charge in [-0.2, -0.15) is 0 Å². The van der Waals surface area contributed by atoms with Gasteiger partial charge >= 0.3 is 0 Å². The second-order valence-electron chi connectivity index (χ2n) is 9.93. The van der Waals surface area contributed by atoms with E-state index in [1.54, 1.807) is 0 Å². The van der Waals surface area contributed by atoms with E-state index in [4.69, 9.17) is 0 Å². The molecule has 0 aliphatic carbocycles. The minimum Gasteiger partial charge on any atom is -0.355 e. The molecule has 0 amide bonds. The summed E-state index contributed by atoms with van der Waals surface area (Å²) in [7, 11) is 0. The molecule has 0 saturated heterocycles. The van der Waals surface area contributed by atoms with Gasteiger partial charge in [0.05, 0.1) is 11.0 Å². The Morgan fingerprint density at radius 3 is 1.89 bits per heavy atom. The second-order valence-corrected chi connectivity index (χ2v) is 9.93. The molecule has 1 N–H and O–H groups in total. The Labute approximate surface area is 220 Å². The lowest BCUT2D eigenvalue weighted by molar-refractivity contribution is 1.18. The van der Waals surface area contributed by atoms with Crippen molar-refractivity contribution in [3.05, 3.63) is 140 Å². The fourth-order valence-corrected chi connectivity index (χ4v) is 5.91. The number of H-pyrrole nitrogens is 1. The molecule has 0 fully saturated rings. The number of aromatic nitrogens is 2. The van der Waals surface area contributed by atoms with Gasteiger partial charge in [-0.25, -0.2) is 0 Å². The van der Waals surface area contributed by atoms with Crippen molar-refractivity contribution in [1.82, 2.24) is 9.55 Å². The highest BCUT2D eigenvalue weighted by Crippen LogP contribution is 2.37. The van der Waals surface area contributed by atoms with Crippen LogP contribution in [0.2, 0.25) is 0 Å². The predicted octanol–water partition coefficient (Wildman–Crippen LogP) is 9.75. The summed E-state index contributed by atoms with van der Waals surface area (Å²) in [5, 5.41) is 5.06. The normalized spacial score (nSPS) is 11.7. The van der Waals surface area contributed by atoms with Gasteiger partial charge in [-0.15, -0.1) is 0 Å². The van der Waals surface area contributed by atoms with E-state index < -0.39 is 0 Å². The van der Waals surface area contributed by atoms with Gasteiger partial charge in [0.2, 0.25) is 0 Å². The molecule has 178 valence electrons. The molecule has 2 heterocycles. The van der Waals surface area contributed by atoms with Gasteiger partial charge in [0.1, 0.15) is 0 Å². The molecule has 0 saturated carbocycles. The summed E-state index contributed by atoms with van der Waals surface area (Å²) in [6.07, 6.45) is 0. The van der Waals surface area contributed by atoms with Gasteiger partial charge in [-0.05, 0) is 70.8 Å². The first-order valence-electron chi connectivity index (χ1n) is 13.0. The lowest BCUT2D eigenvalue weighted by Crippen LogP contribution is -1.94. The number of benzene rings is 6. The lowest BCUT2D eigenvalue weighted by Gasteiger charge is -2.11. The monoisotopic (exact) mass is 484 g/mol. The van der Waals surface area contributed by atoms with E-state index in [2.05, 4.69) is 149 Å². The first kappa shape index (κ1) is 21.0. The third-order valence-corrected chi connectivity index (χ3v) is 7.72. The highest BCUT2D eigenvalue weighted by molar-refractivity contribution is 6.11. The van der Waals surface area contributed by atoms with E-state index in [-0.39, 0.29) is 0 Å². The van der Waals surface area contributed by atoms with Crippen LogP contribution in [-0.4, -0.2) is 9.55 Å². The van der Waals surface area contributed by atoms with Crippen LogP contribution in [0.4, 0.5) is 0 Å². The third kappa shape index (κ3) is 3.21. The van der Waals surface area contributed by atoms with Crippen molar-refractivity contribution >= 4 is 43.6 Å². The van der Waals surface area contributed by atoms with E-state index in [0.29, 0.717) is 0 Å². The maximum Gasteiger partial charge on any atom is 0.0541 e. The first-order valence-corrected chi connectivity index (χ1v) is 13.0. The molecule has 2 heteroatoms. The van der Waals surface area contributed by atoms with Crippen molar-refractivity contribution in [3.63, 3.8) is 0 Å². The molecule has 8 rings (SSSR count). The molecule has 0 unspecified atom stereocenters. The summed E-state index contributed by atoms with van der Waals surface area (Å²) in [6, 6.07) is 50.3. The van der Waals surface area contributed by atoms with Gasteiger partial charge in [-0.1, -0.05) is 91.0 Å². The molecule has 0 bridgehead atoms. The minimum absolute atomic E-state index is 1.17. The average Bonchev–Trinajstić information content (AvgIpc) is 3.53. The fraction of sp³-hybridized carbons (Fsp3) is 0. The summed E-state index contributed by atoms with van der Waals surface area (Å²) in [5.74, 6) is 0. The highest BCUT2D eigenvalue weighted by Gasteiger charge is 2.14. The number of aromatic amines is 1. The molecule has 0 radical (unpaired) electrons. The van der Waals surface area contributed by atoms with Crippen molar-refractivity contribution in [2.75, 3.05) is 0 Å². The van der Waals surface area contributed by atoms with Gasteiger partial charge in [0.25, 0.3) is 0 Å². The Balaban J connectivity index is 1.33. The van der Waals surface area contributed by atoms with Gasteiger partial charge in [0.15, 0.2) is 0 Å². The number of nitrogens with one attached hydrogen (secondary N) is 1. The van der Waals surface area contributed by atoms with Gasteiger partial charge in [0, 0.05) is 38.3 Å². The zero-order valence-electron chi connectivity index (χ0n) is 20.7. The SMILES string of the molecule is c1ccc(-c2cccc(-n3c4ccccc4c4cc(-c5ccc6[nH]c7ccccc7c6c5)ccc43)c2)cc1. The van der Waals surface area contributed by atoms with Crippen molar-refractivity contribution in [2.24, 2.45) is 0 Å². The zero-order valence-corrected chi connectivity index (χ0v) is 20.7. The molecule has 2 nitrogen and oxygen atoms in total. The van der Waals surface area contributed by atoms with Gasteiger partial charge < -0.3 is 9.55 Å². The molecule has 8 aromatic rings. The number of rotatable bonds is 3. The summed E-state index contributed by atoms with van der Waals surface area (Å²) in [6.45, 7) is 0. The van der Waals surface area contributed by atoms with Crippen LogP contribution >= 0.6 is 0 Å². The summed E-state index contributed by atoms with van der Waals surface area (Å²) >= 11 is 0. The molecule has 6 aromatic carbocycles. The molecular formula is C36H24N2. The largest absolute Gasteiger partial charge is 0.355 e. The van der Waals surface area contributed by atoms with Crippen LogP contribution < -0.4 is 0 Å². The number of para-hydroxylation sites is 2. The zero-order chi connectivity index (χ0) is 25.1. The number of fused-ring (bicyclic) bond motifs is 6. The molecule has 0 aliphatic heterocycles. The van der Waals surface area contributed by atoms with Crippen molar-refractivity contribution < 1.29 is 0 Å². The molecular weight excluding hydrogens is 460 g/mol. The summed E-state index contributed by atoms with van der Waals surface area (Å²) in [4.78, 5) is 3.54. The second kappa shape index (κ2) is 8.22. The smallest absolute Gasteiger partial charge is 0.0541 e. The van der Waals surface area contributed by atoms with Crippen LogP contribution in [0, 0.1) is 0 Å². The Kier molecular flexibility index (Phi) is 4.55. The quantitative estimate of drug-likeness (QED) is 0.258. The van der Waals surface area contributed by atoms with Crippen LogP contribution in [0.1, 0.15) is 0 Å². The highest BCUT2D eigenvalue weighted by atomic mass is 15.0. The first-order chi connectivity index (χ1) is 18.8. The maximum absolute atomic E-state index is 3.54. The molecule has 0 aliphatic rings. The van der Waals surface area contributed by atoms with E-state index >= 15 is 0 Å². The Hall–Kier alpha value is -5.08. The lowest BCUT2D eigenvalue weighted by atomic mass is 10.0. The molecule has 0 atom stereocenters. The van der Waals surface area contributed by atoms with Gasteiger partial charge in [-0.3, -0.25) is 0 Å². The Morgan fingerprint density at radius 1 is 0.368 bits per heavy atom. The number of hydrogen-bond donors (Lipinski definition) is 1. The topological polar surface area (TPSA) is 20.7 Å². The van der Waals surface area contributed by atoms with E-state index in [1.165, 1.54) is 71.6 Å². The maximum atomic E-state index is 3.54. The number of nitrogens with zero attached hydrogens (tertiary/aromatic N) is 1. The number of hydrogen-bond acceptors (Lipinski definition) is 0. The van der Waals surface area contributed by atoms with Crippen molar-refractivity contribution in [3.8, 4) is 27.9 Å². The average molecular weight is 485 g/mol. The summed E-state index contributed by atoms with van der Waals surface area (Å²) < 4.78 is 2.39. The molecule has 0 spiro atoms. The fourth-order valence-electron chi connectivity index (χ4n) is 5.91. The third-order valence-electron chi connectivity index (χ3n) is 7.72. The standard InChI is InChI=1S/C36H24N2/c1-2-9-24(10-3-1)25-11-8-12-28(21-25)38-35-16-7-5-14-30(35)32-23-27(18-20-36(32)38)26-17-19-34-31(22-26)29-13-4-6-15-33(29)37-34/h1-23,37H. The van der Waals surface area contributed by atoms with Crippen LogP contribution in [0.15, 0.2) is 140 Å². The van der Waals surface area contributed by atoms with E-state index in [1.807, 2.05) is 0 Å². The van der Waals surface area contributed by atoms with Crippen LogP contribution in [0.5, 0.6) is 0 Å². The predicted molar refractivity (Wildman–Crippen MR) is 161 cm³/mol. The minimum atomic E-state index is 1.17. The summed E-state index contributed by atoms with van der Waals surface area (Å²) in [5.41, 5.74) is 10.9. The molecule has 2 aromatic heterocycles. The van der Waals surface area contributed by atoms with Crippen LogP contribution in [0.3, 0.4) is 0 Å². The van der Waals surface area contributed by atoms with Crippen molar-refractivity contribution in [2.45, 2.75) is 0 Å². The van der Waals surface area contributed by atoms with E-state index in [9.17, 15) is 0 Å². The molecule has 38 heavy (non-hydrogen) atoms. The van der Waals surface area contributed by atoms with Crippen molar-refractivity contribution in [1.29, 1.82) is 0 Å². The van der Waals surface area contributed by atoms with Crippen LogP contribution in [-0.2, 0) is 0 Å². The van der Waals surface area contributed by atoms with Crippen LogP contribution in [0.25, 0.3) is 71.6 Å². The van der Waals surface area contributed by atoms with E-state index in [0.717, 1.165) is 0 Å².